The molecule has 0 spiro atoms. The molecule has 1 N–H and O–H groups in total. The van der Waals surface area contributed by atoms with Crippen LogP contribution in [0.3, 0.4) is 0 Å². The first-order chi connectivity index (χ1) is 4.86. The normalized spacial score (nSPS) is 41.6. The largest absolute Gasteiger partial charge is 0.352 e. The lowest BCUT2D eigenvalue weighted by Crippen LogP contribution is -2.40. The van der Waals surface area contributed by atoms with Crippen molar-refractivity contribution in [3.8, 4) is 0 Å². The predicted molar refractivity (Wildman–Crippen MR) is 41.8 cm³/mol. The highest BCUT2D eigenvalue weighted by Gasteiger charge is 2.31. The van der Waals surface area contributed by atoms with Crippen LogP contribution in [0.5, 0.6) is 0 Å². The summed E-state index contributed by atoms with van der Waals surface area (Å²) in [5.41, 5.74) is 0. The van der Waals surface area contributed by atoms with Gasteiger partial charge in [-0.1, -0.05) is 0 Å². The first-order valence-corrected chi connectivity index (χ1v) is 4.09. The van der Waals surface area contributed by atoms with Gasteiger partial charge in [0.2, 0.25) is 0 Å². The lowest BCUT2D eigenvalue weighted by molar-refractivity contribution is 0.339. The smallest absolute Gasteiger partial charge is 0.182 e. The Bertz CT molecular complexity index is 115. The molecule has 0 aromatic rings. The number of nitrogens with one attached hydrogen (secondary N) is 1. The molecule has 2 saturated heterocycles. The fourth-order valence-corrected chi connectivity index (χ4v) is 2.08. The Morgan fingerprint density at radius 1 is 1.40 bits per heavy atom. The van der Waals surface area contributed by atoms with E-state index in [1.54, 1.807) is 0 Å². The maximum Gasteiger partial charge on any atom is 0.182 e. The maximum atomic E-state index is 5.69. The van der Waals surface area contributed by atoms with Gasteiger partial charge in [0.1, 0.15) is 0 Å². The van der Waals surface area contributed by atoms with Crippen molar-refractivity contribution in [1.29, 1.82) is 0 Å². The van der Waals surface area contributed by atoms with Gasteiger partial charge in [-0.25, -0.2) is 0 Å². The monoisotopic (exact) mass is 136 g/mol. The van der Waals surface area contributed by atoms with Crippen molar-refractivity contribution in [2.45, 2.75) is 18.9 Å². The Morgan fingerprint density at radius 2 is 2.30 bits per heavy atom. The zero-order chi connectivity index (χ0) is 6.97. The average molecular weight is 136 g/mol. The summed E-state index contributed by atoms with van der Waals surface area (Å²) in [6.45, 7) is 3.33. The highest BCUT2D eigenvalue weighted by molar-refractivity contribution is 6.04. The number of hydrogen-bond donors (Lipinski definition) is 1. The lowest BCUT2D eigenvalue weighted by Gasteiger charge is -2.25. The zero-order valence-electron chi connectivity index (χ0n) is 6.21. The number of rotatable bonds is 0. The van der Waals surface area contributed by atoms with Crippen LogP contribution in [0.4, 0.5) is 0 Å². The van der Waals surface area contributed by atoms with E-state index in [1.807, 2.05) is 4.81 Å². The molecule has 2 radical (unpaired) electrons. The summed E-state index contributed by atoms with van der Waals surface area (Å²) in [4.78, 5) is 1.94. The molecule has 2 aliphatic rings. The van der Waals surface area contributed by atoms with Crippen LogP contribution in [0.1, 0.15) is 12.8 Å². The van der Waals surface area contributed by atoms with Crippen molar-refractivity contribution in [2.24, 2.45) is 5.92 Å². The Hall–Kier alpha value is -0.0151. The van der Waals surface area contributed by atoms with Gasteiger partial charge in [0.15, 0.2) is 7.98 Å². The van der Waals surface area contributed by atoms with Crippen molar-refractivity contribution in [3.05, 3.63) is 0 Å². The number of nitrogens with zero attached hydrogens (tertiary/aromatic N) is 1. The summed E-state index contributed by atoms with van der Waals surface area (Å²) in [6, 6.07) is 0.693. The number of hydrogen-bond acceptors (Lipinski definition) is 2. The minimum atomic E-state index is 0.693. The quantitative estimate of drug-likeness (QED) is 0.462. The van der Waals surface area contributed by atoms with E-state index in [-0.39, 0.29) is 0 Å². The average Bonchev–Trinajstić information content (AvgIpc) is 2.27. The molecule has 0 bridgehead atoms. The van der Waals surface area contributed by atoms with Gasteiger partial charge in [0.25, 0.3) is 0 Å². The maximum absolute atomic E-state index is 5.69. The molecule has 0 amide bonds. The van der Waals surface area contributed by atoms with Gasteiger partial charge < -0.3 is 10.1 Å². The van der Waals surface area contributed by atoms with Crippen LogP contribution in [0.2, 0.25) is 0 Å². The van der Waals surface area contributed by atoms with Crippen molar-refractivity contribution in [2.75, 3.05) is 19.6 Å². The first kappa shape index (κ1) is 6.68. The van der Waals surface area contributed by atoms with E-state index in [4.69, 9.17) is 7.98 Å². The second kappa shape index (κ2) is 2.55. The van der Waals surface area contributed by atoms with Crippen LogP contribution in [-0.4, -0.2) is 38.5 Å². The number of piperidine rings is 1. The van der Waals surface area contributed by atoms with E-state index in [2.05, 4.69) is 5.32 Å². The molecular weight excluding hydrogens is 123 g/mol. The van der Waals surface area contributed by atoms with Gasteiger partial charge in [0.05, 0.1) is 0 Å². The fraction of sp³-hybridized carbons (Fsp3) is 1.00. The molecular formula is C7H13BN2. The Balaban J connectivity index is 1.97. The molecule has 0 aliphatic carbocycles. The van der Waals surface area contributed by atoms with Gasteiger partial charge in [-0.2, -0.15) is 0 Å². The highest BCUT2D eigenvalue weighted by atomic mass is 15.1. The van der Waals surface area contributed by atoms with E-state index in [0.717, 1.165) is 19.0 Å². The minimum Gasteiger partial charge on any atom is -0.352 e. The molecule has 2 nitrogen and oxygen atoms in total. The third-order valence-corrected chi connectivity index (χ3v) is 2.63. The van der Waals surface area contributed by atoms with Crippen molar-refractivity contribution in [3.63, 3.8) is 0 Å². The van der Waals surface area contributed by atoms with Crippen LogP contribution in [-0.2, 0) is 0 Å². The van der Waals surface area contributed by atoms with Crippen LogP contribution in [0.15, 0.2) is 0 Å². The van der Waals surface area contributed by atoms with Crippen molar-refractivity contribution < 1.29 is 0 Å². The first-order valence-electron chi connectivity index (χ1n) is 4.09. The van der Waals surface area contributed by atoms with Crippen LogP contribution in [0, 0.1) is 5.92 Å². The zero-order valence-corrected chi connectivity index (χ0v) is 6.21. The van der Waals surface area contributed by atoms with E-state index >= 15 is 0 Å². The molecule has 0 saturated carbocycles. The Kier molecular flexibility index (Phi) is 1.70. The molecule has 54 valence electrons. The molecule has 3 heteroatoms. The van der Waals surface area contributed by atoms with Gasteiger partial charge in [-0.15, -0.1) is 0 Å². The second-order valence-electron chi connectivity index (χ2n) is 3.42. The Labute approximate surface area is 63.4 Å². The fourth-order valence-electron chi connectivity index (χ4n) is 2.08. The van der Waals surface area contributed by atoms with Crippen molar-refractivity contribution in [1.82, 2.24) is 10.1 Å². The van der Waals surface area contributed by atoms with Crippen LogP contribution >= 0.6 is 0 Å². The SMILES string of the molecule is [B]N1C[C@H]2CCCN[C@H]2C1. The van der Waals surface area contributed by atoms with Crippen molar-refractivity contribution >= 4 is 7.98 Å². The van der Waals surface area contributed by atoms with Gasteiger partial charge in [-0.05, 0) is 31.8 Å². The molecule has 2 atom stereocenters. The van der Waals surface area contributed by atoms with Crippen LogP contribution < -0.4 is 5.32 Å². The molecule has 2 aliphatic heterocycles. The summed E-state index contributed by atoms with van der Waals surface area (Å²) in [7, 11) is 5.69. The second-order valence-corrected chi connectivity index (χ2v) is 3.42. The summed E-state index contributed by atoms with van der Waals surface area (Å²) >= 11 is 0. The Morgan fingerprint density at radius 3 is 3.10 bits per heavy atom. The summed E-state index contributed by atoms with van der Waals surface area (Å²) in [6.07, 6.45) is 2.69. The molecule has 0 aromatic heterocycles. The van der Waals surface area contributed by atoms with Crippen LogP contribution in [0.25, 0.3) is 0 Å². The van der Waals surface area contributed by atoms with E-state index in [9.17, 15) is 0 Å². The predicted octanol–water partition coefficient (Wildman–Crippen LogP) is -0.246. The summed E-state index contributed by atoms with van der Waals surface area (Å²) in [5.74, 6) is 0.832. The van der Waals surface area contributed by atoms with Gasteiger partial charge in [0, 0.05) is 12.6 Å². The molecule has 2 fully saturated rings. The molecule has 10 heavy (non-hydrogen) atoms. The molecule has 2 heterocycles. The molecule has 2 rings (SSSR count). The standard InChI is InChI=1S/C7H13BN2/c8-10-4-6-2-1-3-9-7(6)5-10/h6-7,9H,1-5H2/t6-,7+/m1/s1. The topological polar surface area (TPSA) is 15.3 Å². The van der Waals surface area contributed by atoms with Gasteiger partial charge in [-0.3, -0.25) is 0 Å². The van der Waals surface area contributed by atoms with E-state index < -0.39 is 0 Å². The van der Waals surface area contributed by atoms with Gasteiger partial charge >= 0.3 is 0 Å². The number of fused-ring (bicyclic) bond motifs is 1. The van der Waals surface area contributed by atoms with E-state index in [1.165, 1.54) is 19.4 Å². The van der Waals surface area contributed by atoms with E-state index in [0.29, 0.717) is 6.04 Å². The summed E-state index contributed by atoms with van der Waals surface area (Å²) in [5, 5.41) is 3.49. The third kappa shape index (κ3) is 1.08. The third-order valence-electron chi connectivity index (χ3n) is 2.63. The molecule has 0 unspecified atom stereocenters. The highest BCUT2D eigenvalue weighted by Crippen LogP contribution is 2.22. The lowest BCUT2D eigenvalue weighted by atomic mass is 9.94. The summed E-state index contributed by atoms with van der Waals surface area (Å²) < 4.78 is 0. The molecule has 0 aromatic carbocycles. The minimum absolute atomic E-state index is 0.693.